The van der Waals surface area contributed by atoms with E-state index in [0.717, 1.165) is 11.3 Å². The Balaban J connectivity index is 1.53. The van der Waals surface area contributed by atoms with Crippen molar-refractivity contribution in [1.82, 2.24) is 16.2 Å². The zero-order chi connectivity index (χ0) is 16.8. The van der Waals surface area contributed by atoms with Crippen LogP contribution in [0.3, 0.4) is 0 Å². The fraction of sp³-hybridized carbons (Fsp3) is 0.0500. The van der Waals surface area contributed by atoms with Crippen LogP contribution in [-0.2, 0) is 6.54 Å². The van der Waals surface area contributed by atoms with Gasteiger partial charge in [0.05, 0.1) is 5.70 Å². The maximum atomic E-state index is 5.27. The number of thiocarbonyl (C=S) groups is 1. The van der Waals surface area contributed by atoms with Crippen LogP contribution in [0.2, 0.25) is 0 Å². The SMILES string of the molecule is C=C(NNC(=S)NCc1ccccc1)c1ccc2ccccc2c1. The molecule has 3 N–H and O–H groups in total. The summed E-state index contributed by atoms with van der Waals surface area (Å²) >= 11 is 5.27. The summed E-state index contributed by atoms with van der Waals surface area (Å²) in [7, 11) is 0. The van der Waals surface area contributed by atoms with Crippen molar-refractivity contribution in [3.8, 4) is 0 Å². The molecule has 0 aliphatic rings. The lowest BCUT2D eigenvalue weighted by Crippen LogP contribution is -2.42. The molecule has 0 atom stereocenters. The molecule has 0 aromatic heterocycles. The fourth-order valence-corrected chi connectivity index (χ4v) is 2.53. The molecule has 4 heteroatoms. The van der Waals surface area contributed by atoms with Crippen LogP contribution >= 0.6 is 12.2 Å². The predicted octanol–water partition coefficient (Wildman–Crippen LogP) is 3.98. The van der Waals surface area contributed by atoms with Crippen LogP contribution in [0.5, 0.6) is 0 Å². The second kappa shape index (κ2) is 7.62. The molecule has 3 rings (SSSR count). The number of hydrogen-bond donors (Lipinski definition) is 3. The molecule has 0 bridgehead atoms. The van der Waals surface area contributed by atoms with Gasteiger partial charge in [-0.05, 0) is 40.2 Å². The van der Waals surface area contributed by atoms with E-state index in [-0.39, 0.29) is 0 Å². The smallest absolute Gasteiger partial charge is 0.185 e. The number of nitrogens with one attached hydrogen (secondary N) is 3. The molecule has 3 nitrogen and oxygen atoms in total. The molecule has 0 unspecified atom stereocenters. The van der Waals surface area contributed by atoms with E-state index in [0.29, 0.717) is 11.7 Å². The van der Waals surface area contributed by atoms with Crippen LogP contribution in [-0.4, -0.2) is 5.11 Å². The fourth-order valence-electron chi connectivity index (χ4n) is 2.40. The van der Waals surface area contributed by atoms with E-state index < -0.39 is 0 Å². The van der Waals surface area contributed by atoms with Gasteiger partial charge in [-0.15, -0.1) is 0 Å². The third-order valence-electron chi connectivity index (χ3n) is 3.72. The van der Waals surface area contributed by atoms with Gasteiger partial charge in [0.25, 0.3) is 0 Å². The number of hydrogen-bond acceptors (Lipinski definition) is 2. The number of hydrazine groups is 1. The highest BCUT2D eigenvalue weighted by atomic mass is 32.1. The van der Waals surface area contributed by atoms with Gasteiger partial charge in [-0.2, -0.15) is 0 Å². The molecule has 0 heterocycles. The normalized spacial score (nSPS) is 10.2. The number of fused-ring (bicyclic) bond motifs is 1. The van der Waals surface area contributed by atoms with E-state index >= 15 is 0 Å². The molecule has 120 valence electrons. The predicted molar refractivity (Wildman–Crippen MR) is 105 cm³/mol. The van der Waals surface area contributed by atoms with Crippen LogP contribution in [0.15, 0.2) is 79.4 Å². The highest BCUT2D eigenvalue weighted by Gasteiger charge is 2.01. The maximum absolute atomic E-state index is 5.27. The maximum Gasteiger partial charge on any atom is 0.185 e. The molecule has 24 heavy (non-hydrogen) atoms. The standard InChI is InChI=1S/C20H19N3S/c1-15(18-12-11-17-9-5-6-10-19(17)13-18)22-23-20(24)21-14-16-7-3-2-4-8-16/h2-13,22H,1,14H2,(H2,21,23,24). The molecule has 0 saturated heterocycles. The van der Waals surface area contributed by atoms with Crippen LogP contribution in [0.1, 0.15) is 11.1 Å². The molecule has 0 fully saturated rings. The number of benzene rings is 3. The van der Waals surface area contributed by atoms with Crippen molar-refractivity contribution in [3.05, 3.63) is 90.5 Å². The molecule has 3 aromatic rings. The monoisotopic (exact) mass is 333 g/mol. The highest BCUT2D eigenvalue weighted by Crippen LogP contribution is 2.18. The van der Waals surface area contributed by atoms with Gasteiger partial charge < -0.3 is 5.32 Å². The van der Waals surface area contributed by atoms with Crippen molar-refractivity contribution in [2.45, 2.75) is 6.54 Å². The quantitative estimate of drug-likeness (QED) is 0.488. The topological polar surface area (TPSA) is 36.1 Å². The minimum Gasteiger partial charge on any atom is -0.357 e. The van der Waals surface area contributed by atoms with E-state index in [1.165, 1.54) is 16.3 Å². The van der Waals surface area contributed by atoms with Crippen molar-refractivity contribution in [3.63, 3.8) is 0 Å². The largest absolute Gasteiger partial charge is 0.357 e. The highest BCUT2D eigenvalue weighted by molar-refractivity contribution is 7.80. The number of rotatable bonds is 5. The van der Waals surface area contributed by atoms with E-state index in [1.807, 2.05) is 36.4 Å². The van der Waals surface area contributed by atoms with Crippen LogP contribution in [0, 0.1) is 0 Å². The summed E-state index contributed by atoms with van der Waals surface area (Å²) in [5.74, 6) is 0. The summed E-state index contributed by atoms with van der Waals surface area (Å²) in [6.07, 6.45) is 0. The molecule has 0 amide bonds. The lowest BCUT2D eigenvalue weighted by atomic mass is 10.1. The molecule has 0 aliphatic carbocycles. The average Bonchev–Trinajstić information content (AvgIpc) is 2.65. The lowest BCUT2D eigenvalue weighted by Gasteiger charge is -2.15. The summed E-state index contributed by atoms with van der Waals surface area (Å²) in [6, 6.07) is 24.6. The summed E-state index contributed by atoms with van der Waals surface area (Å²) in [4.78, 5) is 0. The first kappa shape index (κ1) is 16.0. The summed E-state index contributed by atoms with van der Waals surface area (Å²) in [5.41, 5.74) is 8.99. The summed E-state index contributed by atoms with van der Waals surface area (Å²) < 4.78 is 0. The lowest BCUT2D eigenvalue weighted by molar-refractivity contribution is 0.789. The Hall–Kier alpha value is -2.85. The van der Waals surface area contributed by atoms with Gasteiger partial charge in [-0.25, -0.2) is 0 Å². The molecule has 0 saturated carbocycles. The Bertz CT molecular complexity index is 859. The third-order valence-corrected chi connectivity index (χ3v) is 3.97. The van der Waals surface area contributed by atoms with Gasteiger partial charge in [0.15, 0.2) is 5.11 Å². The molecule has 0 radical (unpaired) electrons. The molecule has 0 spiro atoms. The Kier molecular flexibility index (Phi) is 5.08. The van der Waals surface area contributed by atoms with Gasteiger partial charge in [-0.1, -0.05) is 73.3 Å². The first-order chi connectivity index (χ1) is 11.7. The minimum atomic E-state index is 0.529. The van der Waals surface area contributed by atoms with Gasteiger partial charge in [0.1, 0.15) is 0 Å². The van der Waals surface area contributed by atoms with E-state index in [1.54, 1.807) is 0 Å². The second-order valence-corrected chi connectivity index (χ2v) is 5.87. The van der Waals surface area contributed by atoms with Crippen LogP contribution in [0.25, 0.3) is 16.5 Å². The van der Waals surface area contributed by atoms with Crippen molar-refractivity contribution in [2.24, 2.45) is 0 Å². The first-order valence-corrected chi connectivity index (χ1v) is 8.15. The summed E-state index contributed by atoms with van der Waals surface area (Å²) in [6.45, 7) is 4.74. The Morgan fingerprint density at radius 2 is 1.54 bits per heavy atom. The second-order valence-electron chi connectivity index (χ2n) is 5.46. The molecule has 3 aromatic carbocycles. The van der Waals surface area contributed by atoms with Crippen molar-refractivity contribution in [2.75, 3.05) is 0 Å². The van der Waals surface area contributed by atoms with Crippen molar-refractivity contribution >= 4 is 33.8 Å². The van der Waals surface area contributed by atoms with Crippen LogP contribution < -0.4 is 16.2 Å². The van der Waals surface area contributed by atoms with Gasteiger partial charge in [0, 0.05) is 6.54 Å². The van der Waals surface area contributed by atoms with Crippen LogP contribution in [0.4, 0.5) is 0 Å². The summed E-state index contributed by atoms with van der Waals surface area (Å²) in [5, 5.41) is 6.07. The van der Waals surface area contributed by atoms with Crippen molar-refractivity contribution < 1.29 is 0 Å². The van der Waals surface area contributed by atoms with E-state index in [2.05, 4.69) is 59.1 Å². The molecular weight excluding hydrogens is 314 g/mol. The Morgan fingerprint density at radius 1 is 0.833 bits per heavy atom. The average molecular weight is 333 g/mol. The van der Waals surface area contributed by atoms with E-state index in [4.69, 9.17) is 12.2 Å². The first-order valence-electron chi connectivity index (χ1n) is 7.74. The van der Waals surface area contributed by atoms with Gasteiger partial charge >= 0.3 is 0 Å². The van der Waals surface area contributed by atoms with E-state index in [9.17, 15) is 0 Å². The Morgan fingerprint density at radius 3 is 2.33 bits per heavy atom. The molecular formula is C20H19N3S. The molecule has 0 aliphatic heterocycles. The van der Waals surface area contributed by atoms with Gasteiger partial charge in [-0.3, -0.25) is 10.9 Å². The third kappa shape index (κ3) is 4.12. The zero-order valence-electron chi connectivity index (χ0n) is 13.3. The van der Waals surface area contributed by atoms with Gasteiger partial charge in [0.2, 0.25) is 0 Å². The Labute approximate surface area is 147 Å². The minimum absolute atomic E-state index is 0.529. The zero-order valence-corrected chi connectivity index (χ0v) is 14.1. The van der Waals surface area contributed by atoms with Crippen molar-refractivity contribution in [1.29, 1.82) is 0 Å².